The summed E-state index contributed by atoms with van der Waals surface area (Å²) in [6.07, 6.45) is 0.887. The Labute approximate surface area is 133 Å². The average Bonchev–Trinajstić information content (AvgIpc) is 2.52. The molecule has 22 heavy (non-hydrogen) atoms. The van der Waals surface area contributed by atoms with Gasteiger partial charge in [0.25, 0.3) is 0 Å². The van der Waals surface area contributed by atoms with Crippen molar-refractivity contribution in [3.63, 3.8) is 0 Å². The fraction of sp³-hybridized carbons (Fsp3) is 0.529. The third kappa shape index (κ3) is 5.48. The molecule has 5 heteroatoms. The van der Waals surface area contributed by atoms with Gasteiger partial charge in [-0.15, -0.1) is 0 Å². The van der Waals surface area contributed by atoms with E-state index >= 15 is 0 Å². The molecular weight excluding hydrogens is 278 g/mol. The number of nitrogens with two attached hydrogens (primary N) is 2. The zero-order chi connectivity index (χ0) is 17.3. The number of aryl methyl sites for hydroxylation is 1. The molecule has 5 nitrogen and oxygen atoms in total. The number of hydrogen-bond donors (Lipinski definition) is 3. The summed E-state index contributed by atoms with van der Waals surface area (Å²) in [5.41, 5.74) is 13.8. The van der Waals surface area contributed by atoms with E-state index in [9.17, 15) is 9.59 Å². The van der Waals surface area contributed by atoms with E-state index in [0.717, 1.165) is 16.8 Å². The SMILES string of the molecule is CC.CC.Cc1ccc2c(c1)CC(CC(N)C(N)=O)C(=O)N2. The monoisotopic (exact) mass is 307 g/mol. The van der Waals surface area contributed by atoms with Crippen LogP contribution in [0, 0.1) is 12.8 Å². The second-order valence-electron chi connectivity index (χ2n) is 4.80. The van der Waals surface area contributed by atoms with Gasteiger partial charge in [-0.2, -0.15) is 0 Å². The number of rotatable bonds is 3. The van der Waals surface area contributed by atoms with E-state index in [1.165, 1.54) is 0 Å². The van der Waals surface area contributed by atoms with Crippen molar-refractivity contribution >= 4 is 17.5 Å². The smallest absolute Gasteiger partial charge is 0.234 e. The van der Waals surface area contributed by atoms with Crippen molar-refractivity contribution in [2.45, 2.75) is 53.5 Å². The number of fused-ring (bicyclic) bond motifs is 1. The molecule has 5 N–H and O–H groups in total. The second-order valence-corrected chi connectivity index (χ2v) is 4.80. The van der Waals surface area contributed by atoms with Crippen molar-refractivity contribution < 1.29 is 9.59 Å². The average molecular weight is 307 g/mol. The highest BCUT2D eigenvalue weighted by Crippen LogP contribution is 2.28. The number of anilines is 1. The predicted octanol–water partition coefficient (Wildman–Crippen LogP) is 2.36. The van der Waals surface area contributed by atoms with Crippen LogP contribution in [-0.2, 0) is 16.0 Å². The minimum Gasteiger partial charge on any atom is -0.368 e. The molecule has 0 bridgehead atoms. The lowest BCUT2D eigenvalue weighted by Gasteiger charge is -2.26. The van der Waals surface area contributed by atoms with Crippen molar-refractivity contribution in [2.75, 3.05) is 5.32 Å². The first kappa shape index (κ1) is 20.1. The van der Waals surface area contributed by atoms with Gasteiger partial charge in [-0.05, 0) is 31.4 Å². The molecule has 2 unspecified atom stereocenters. The lowest BCUT2D eigenvalue weighted by atomic mass is 9.87. The number of hydrogen-bond acceptors (Lipinski definition) is 3. The standard InChI is InChI=1S/C13H17N3O2.2C2H6/c1-7-2-3-11-8(4-7)5-9(13(18)16-11)6-10(14)12(15)17;2*1-2/h2-4,9-10H,5-6,14H2,1H3,(H2,15,17)(H,16,18);2*1-2H3. The third-order valence-electron chi connectivity index (χ3n) is 3.26. The van der Waals surface area contributed by atoms with Crippen molar-refractivity contribution in [1.29, 1.82) is 0 Å². The number of carbonyl (C=O) groups is 2. The summed E-state index contributed by atoms with van der Waals surface area (Å²) in [4.78, 5) is 22.8. The fourth-order valence-corrected chi connectivity index (χ4v) is 2.22. The molecule has 0 fully saturated rings. The van der Waals surface area contributed by atoms with Gasteiger partial charge in [0.1, 0.15) is 0 Å². The number of nitrogens with one attached hydrogen (secondary N) is 1. The minimum atomic E-state index is -0.771. The molecule has 0 saturated carbocycles. The summed E-state index contributed by atoms with van der Waals surface area (Å²) >= 11 is 0. The first-order valence-electron chi connectivity index (χ1n) is 7.92. The lowest BCUT2D eigenvalue weighted by molar-refractivity contribution is -0.122. The topological polar surface area (TPSA) is 98.2 Å². The molecule has 1 aliphatic heterocycles. The maximum absolute atomic E-state index is 11.9. The van der Waals surface area contributed by atoms with Crippen LogP contribution in [-0.4, -0.2) is 17.9 Å². The number of carbonyl (C=O) groups excluding carboxylic acids is 2. The molecule has 0 radical (unpaired) electrons. The van der Waals surface area contributed by atoms with Gasteiger partial charge in [0.05, 0.1) is 6.04 Å². The van der Waals surface area contributed by atoms with E-state index in [2.05, 4.69) is 5.32 Å². The van der Waals surface area contributed by atoms with Crippen LogP contribution in [0.1, 0.15) is 45.2 Å². The van der Waals surface area contributed by atoms with Crippen LogP contribution >= 0.6 is 0 Å². The maximum Gasteiger partial charge on any atom is 0.234 e. The number of benzene rings is 1. The maximum atomic E-state index is 11.9. The fourth-order valence-electron chi connectivity index (χ4n) is 2.22. The Morgan fingerprint density at radius 2 is 1.91 bits per heavy atom. The second kappa shape index (κ2) is 9.95. The van der Waals surface area contributed by atoms with Crippen LogP contribution in [0.5, 0.6) is 0 Å². The van der Waals surface area contributed by atoms with Gasteiger partial charge in [0.2, 0.25) is 11.8 Å². The highest BCUT2D eigenvalue weighted by atomic mass is 16.2. The van der Waals surface area contributed by atoms with E-state index in [1.807, 2.05) is 52.8 Å². The van der Waals surface area contributed by atoms with E-state index < -0.39 is 11.9 Å². The van der Waals surface area contributed by atoms with E-state index in [4.69, 9.17) is 11.5 Å². The Hall–Kier alpha value is -1.88. The molecule has 1 aromatic carbocycles. The van der Waals surface area contributed by atoms with Gasteiger partial charge in [0.15, 0.2) is 0 Å². The Morgan fingerprint density at radius 3 is 2.45 bits per heavy atom. The zero-order valence-electron chi connectivity index (χ0n) is 14.3. The predicted molar refractivity (Wildman–Crippen MR) is 91.5 cm³/mol. The Morgan fingerprint density at radius 1 is 1.32 bits per heavy atom. The molecule has 2 rings (SSSR count). The van der Waals surface area contributed by atoms with Gasteiger partial charge in [-0.3, -0.25) is 9.59 Å². The van der Waals surface area contributed by atoms with Gasteiger partial charge in [-0.25, -0.2) is 0 Å². The third-order valence-corrected chi connectivity index (χ3v) is 3.26. The highest BCUT2D eigenvalue weighted by molar-refractivity contribution is 5.96. The van der Waals surface area contributed by atoms with E-state index in [1.54, 1.807) is 0 Å². The summed E-state index contributed by atoms with van der Waals surface area (Å²) in [5, 5.41) is 2.83. The van der Waals surface area contributed by atoms with Crippen molar-refractivity contribution in [1.82, 2.24) is 0 Å². The van der Waals surface area contributed by atoms with Crippen LogP contribution in [0.25, 0.3) is 0 Å². The van der Waals surface area contributed by atoms with Gasteiger partial charge >= 0.3 is 0 Å². The Balaban J connectivity index is 0.00000102. The molecule has 0 saturated heterocycles. The van der Waals surface area contributed by atoms with Crippen LogP contribution < -0.4 is 16.8 Å². The van der Waals surface area contributed by atoms with Gasteiger partial charge in [-0.1, -0.05) is 45.4 Å². The molecule has 2 amide bonds. The molecule has 1 heterocycles. The quantitative estimate of drug-likeness (QED) is 0.799. The van der Waals surface area contributed by atoms with Gasteiger partial charge in [0, 0.05) is 11.6 Å². The lowest BCUT2D eigenvalue weighted by Crippen LogP contribution is -2.41. The summed E-state index contributed by atoms with van der Waals surface area (Å²) < 4.78 is 0. The van der Waals surface area contributed by atoms with Crippen LogP contribution in [0.2, 0.25) is 0 Å². The summed E-state index contributed by atoms with van der Waals surface area (Å²) in [6, 6.07) is 5.12. The molecule has 1 aromatic rings. The highest BCUT2D eigenvalue weighted by Gasteiger charge is 2.28. The molecule has 0 aromatic heterocycles. The number of amides is 2. The van der Waals surface area contributed by atoms with Crippen molar-refractivity contribution in [3.05, 3.63) is 29.3 Å². The zero-order valence-corrected chi connectivity index (χ0v) is 14.3. The van der Waals surface area contributed by atoms with Crippen LogP contribution in [0.4, 0.5) is 5.69 Å². The molecular formula is C17H29N3O2. The van der Waals surface area contributed by atoms with Crippen LogP contribution in [0.3, 0.4) is 0 Å². The molecule has 124 valence electrons. The van der Waals surface area contributed by atoms with E-state index in [0.29, 0.717) is 6.42 Å². The first-order valence-corrected chi connectivity index (χ1v) is 7.92. The molecule has 2 atom stereocenters. The Kier molecular flexibility index (Phi) is 9.10. The number of primary amides is 1. The van der Waals surface area contributed by atoms with Crippen molar-refractivity contribution in [2.24, 2.45) is 17.4 Å². The van der Waals surface area contributed by atoms with Crippen molar-refractivity contribution in [3.8, 4) is 0 Å². The largest absolute Gasteiger partial charge is 0.368 e. The minimum absolute atomic E-state index is 0.0944. The normalized spacial score (nSPS) is 16.8. The molecule has 0 aliphatic carbocycles. The van der Waals surface area contributed by atoms with Gasteiger partial charge < -0.3 is 16.8 Å². The molecule has 0 spiro atoms. The first-order chi connectivity index (χ1) is 10.5. The summed E-state index contributed by atoms with van der Waals surface area (Å²) in [6.45, 7) is 10.0. The van der Waals surface area contributed by atoms with E-state index in [-0.39, 0.29) is 18.2 Å². The summed E-state index contributed by atoms with van der Waals surface area (Å²) in [7, 11) is 0. The molecule has 1 aliphatic rings. The van der Waals surface area contributed by atoms with Crippen LogP contribution in [0.15, 0.2) is 18.2 Å². The summed E-state index contributed by atoms with van der Waals surface area (Å²) in [5.74, 6) is -0.956. The Bertz CT molecular complexity index is 501.